The third kappa shape index (κ3) is 3.53. The summed E-state index contributed by atoms with van der Waals surface area (Å²) >= 11 is 8.39. The zero-order valence-corrected chi connectivity index (χ0v) is 19.6. The van der Waals surface area contributed by atoms with E-state index < -0.39 is 5.54 Å². The van der Waals surface area contributed by atoms with Crippen LogP contribution in [0.3, 0.4) is 0 Å². The number of hydrogen-bond acceptors (Lipinski definition) is 5. The summed E-state index contributed by atoms with van der Waals surface area (Å²) in [5.41, 5.74) is 3.75. The second-order valence-corrected chi connectivity index (χ2v) is 9.76. The van der Waals surface area contributed by atoms with Crippen molar-refractivity contribution in [2.75, 3.05) is 7.11 Å². The first-order valence-electron chi connectivity index (χ1n) is 10.4. The maximum atomic E-state index is 13.3. The number of amides is 1. The Kier molecular flexibility index (Phi) is 5.14. The molecule has 1 aliphatic rings. The van der Waals surface area contributed by atoms with E-state index in [1.165, 1.54) is 0 Å². The summed E-state index contributed by atoms with van der Waals surface area (Å²) in [5.74, 6) is 0.552. The van der Waals surface area contributed by atoms with Gasteiger partial charge in [0.2, 0.25) is 0 Å². The average Bonchev–Trinajstić information content (AvgIpc) is 3.44. The lowest BCUT2D eigenvalue weighted by atomic mass is 9.95. The quantitative estimate of drug-likeness (QED) is 0.391. The molecule has 0 spiro atoms. The number of nitrogens with zero attached hydrogens (tertiary/aromatic N) is 2. The molecule has 1 fully saturated rings. The minimum Gasteiger partial charge on any atom is -0.497 e. The molecule has 1 aliphatic carbocycles. The average molecular weight is 464 g/mol. The number of aromatic nitrogens is 2. The zero-order valence-electron chi connectivity index (χ0n) is 18.0. The normalized spacial score (nSPS) is 14.4. The number of aryl methyl sites for hydroxylation is 2. The van der Waals surface area contributed by atoms with Gasteiger partial charge < -0.3 is 10.1 Å². The molecule has 2 heterocycles. The molecule has 2 aromatic heterocycles. The number of methoxy groups -OCH3 is 1. The van der Waals surface area contributed by atoms with Gasteiger partial charge in [-0.25, -0.2) is 4.98 Å². The Labute approximate surface area is 195 Å². The Morgan fingerprint density at radius 3 is 2.69 bits per heavy atom. The fourth-order valence-electron chi connectivity index (χ4n) is 4.12. The Balaban J connectivity index is 1.61. The molecule has 0 radical (unpaired) electrons. The van der Waals surface area contributed by atoms with E-state index in [1.54, 1.807) is 30.7 Å². The highest BCUT2D eigenvalue weighted by atomic mass is 35.5. The van der Waals surface area contributed by atoms with Crippen LogP contribution in [0.15, 0.2) is 48.8 Å². The molecule has 5 rings (SSSR count). The number of pyridine rings is 1. The van der Waals surface area contributed by atoms with E-state index in [9.17, 15) is 4.79 Å². The SMILES string of the molecule is COc1ccc(C)c(C(=O)NC2(c3cc(-c4cnc(C)s4)c(Cl)c4ncccc34)CC2)c1. The first-order valence-corrected chi connectivity index (χ1v) is 11.6. The van der Waals surface area contributed by atoms with Crippen LogP contribution >= 0.6 is 22.9 Å². The molecule has 1 amide bonds. The number of carbonyl (C=O) groups excluding carboxylic acids is 1. The van der Waals surface area contributed by atoms with E-state index in [2.05, 4.69) is 21.4 Å². The number of carbonyl (C=O) groups is 1. The summed E-state index contributed by atoms with van der Waals surface area (Å²) in [7, 11) is 1.60. The Hall–Kier alpha value is -2.96. The molecule has 0 atom stereocenters. The van der Waals surface area contributed by atoms with E-state index in [0.29, 0.717) is 16.3 Å². The van der Waals surface area contributed by atoms with Crippen molar-refractivity contribution in [3.8, 4) is 16.2 Å². The third-order valence-corrected chi connectivity index (χ3v) is 7.35. The van der Waals surface area contributed by atoms with E-state index in [1.807, 2.05) is 44.3 Å². The van der Waals surface area contributed by atoms with Gasteiger partial charge in [-0.05, 0) is 62.1 Å². The van der Waals surface area contributed by atoms with E-state index in [-0.39, 0.29) is 5.91 Å². The second kappa shape index (κ2) is 7.87. The van der Waals surface area contributed by atoms with Crippen molar-refractivity contribution in [2.24, 2.45) is 0 Å². The molecule has 0 saturated heterocycles. The maximum Gasteiger partial charge on any atom is 0.252 e. The molecule has 32 heavy (non-hydrogen) atoms. The van der Waals surface area contributed by atoms with Crippen LogP contribution in [-0.2, 0) is 5.54 Å². The summed E-state index contributed by atoms with van der Waals surface area (Å²) in [6, 6.07) is 11.6. The van der Waals surface area contributed by atoms with Gasteiger partial charge in [-0.15, -0.1) is 11.3 Å². The lowest BCUT2D eigenvalue weighted by molar-refractivity contribution is 0.0930. The van der Waals surface area contributed by atoms with Gasteiger partial charge in [0.05, 0.1) is 33.1 Å². The molecule has 0 aliphatic heterocycles. The highest BCUT2D eigenvalue weighted by molar-refractivity contribution is 7.15. The maximum absolute atomic E-state index is 13.3. The molecular formula is C25H22ClN3O2S. The van der Waals surface area contributed by atoms with E-state index >= 15 is 0 Å². The van der Waals surface area contributed by atoms with Crippen molar-refractivity contribution in [1.29, 1.82) is 0 Å². The van der Waals surface area contributed by atoms with Gasteiger partial charge in [-0.1, -0.05) is 23.7 Å². The van der Waals surface area contributed by atoms with Crippen LogP contribution in [0, 0.1) is 13.8 Å². The highest BCUT2D eigenvalue weighted by Gasteiger charge is 2.47. The van der Waals surface area contributed by atoms with Gasteiger partial charge in [0, 0.05) is 28.9 Å². The minimum absolute atomic E-state index is 0.110. The molecule has 2 aromatic carbocycles. The minimum atomic E-state index is -0.451. The Morgan fingerprint density at radius 2 is 2.00 bits per heavy atom. The number of rotatable bonds is 5. The first kappa shape index (κ1) is 20.9. The molecular weight excluding hydrogens is 442 g/mol. The molecule has 0 bridgehead atoms. The molecule has 1 N–H and O–H groups in total. The van der Waals surface area contributed by atoms with Crippen LogP contribution in [0.4, 0.5) is 0 Å². The van der Waals surface area contributed by atoms with Crippen LogP contribution < -0.4 is 10.1 Å². The standard InChI is InChI=1S/C25H22ClN3O2S/c1-14-6-7-16(31-3)11-18(14)24(30)29-25(8-9-25)20-12-19(21-13-28-15(2)32-21)22(26)23-17(20)5-4-10-27-23/h4-7,10-13H,8-9H2,1-3H3,(H,29,30). The van der Waals surface area contributed by atoms with Gasteiger partial charge in [0.25, 0.3) is 5.91 Å². The van der Waals surface area contributed by atoms with E-state index in [0.717, 1.165) is 50.3 Å². The molecule has 4 aromatic rings. The van der Waals surface area contributed by atoms with Crippen molar-refractivity contribution in [3.63, 3.8) is 0 Å². The summed E-state index contributed by atoms with van der Waals surface area (Å²) in [6.45, 7) is 3.90. The highest BCUT2D eigenvalue weighted by Crippen LogP contribution is 2.51. The third-order valence-electron chi connectivity index (χ3n) is 6.03. The summed E-state index contributed by atoms with van der Waals surface area (Å²) in [4.78, 5) is 23.3. The molecule has 7 heteroatoms. The van der Waals surface area contributed by atoms with Crippen molar-refractivity contribution in [3.05, 3.63) is 75.5 Å². The zero-order chi connectivity index (χ0) is 22.5. The summed E-state index contributed by atoms with van der Waals surface area (Å²) < 4.78 is 5.32. The second-order valence-electron chi connectivity index (χ2n) is 8.15. The molecule has 162 valence electrons. The van der Waals surface area contributed by atoms with Crippen LogP contribution in [0.1, 0.15) is 39.3 Å². The molecule has 1 saturated carbocycles. The van der Waals surface area contributed by atoms with Crippen LogP contribution in [0.5, 0.6) is 5.75 Å². The van der Waals surface area contributed by atoms with Crippen molar-refractivity contribution in [2.45, 2.75) is 32.2 Å². The predicted octanol–water partition coefficient (Wildman–Crippen LogP) is 6.06. The van der Waals surface area contributed by atoms with Gasteiger partial charge in [-0.3, -0.25) is 9.78 Å². The number of hydrogen-bond donors (Lipinski definition) is 1. The fourth-order valence-corrected chi connectivity index (χ4v) is 5.28. The van der Waals surface area contributed by atoms with Gasteiger partial charge in [0.1, 0.15) is 5.75 Å². The summed E-state index contributed by atoms with van der Waals surface area (Å²) in [6.07, 6.45) is 5.30. The summed E-state index contributed by atoms with van der Waals surface area (Å²) in [5, 5.41) is 5.85. The first-order chi connectivity index (χ1) is 15.4. The van der Waals surface area contributed by atoms with Crippen LogP contribution in [-0.4, -0.2) is 23.0 Å². The smallest absolute Gasteiger partial charge is 0.252 e. The lowest BCUT2D eigenvalue weighted by Crippen LogP contribution is -2.35. The van der Waals surface area contributed by atoms with Crippen LogP contribution in [0.25, 0.3) is 21.3 Å². The van der Waals surface area contributed by atoms with Gasteiger partial charge >= 0.3 is 0 Å². The lowest BCUT2D eigenvalue weighted by Gasteiger charge is -2.22. The number of thiazole rings is 1. The number of ether oxygens (including phenoxy) is 1. The number of fused-ring (bicyclic) bond motifs is 1. The number of benzene rings is 2. The predicted molar refractivity (Wildman–Crippen MR) is 129 cm³/mol. The fraction of sp³-hybridized carbons (Fsp3) is 0.240. The Morgan fingerprint density at radius 1 is 1.19 bits per heavy atom. The van der Waals surface area contributed by atoms with Crippen LogP contribution in [0.2, 0.25) is 5.02 Å². The molecule has 5 nitrogen and oxygen atoms in total. The Bertz CT molecular complexity index is 1360. The molecule has 0 unspecified atom stereocenters. The number of nitrogens with one attached hydrogen (secondary N) is 1. The monoisotopic (exact) mass is 463 g/mol. The van der Waals surface area contributed by atoms with E-state index in [4.69, 9.17) is 16.3 Å². The number of halogens is 1. The topological polar surface area (TPSA) is 64.1 Å². The largest absolute Gasteiger partial charge is 0.497 e. The van der Waals surface area contributed by atoms with Crippen molar-refractivity contribution in [1.82, 2.24) is 15.3 Å². The van der Waals surface area contributed by atoms with Crippen molar-refractivity contribution >= 4 is 39.7 Å². The van der Waals surface area contributed by atoms with Crippen molar-refractivity contribution < 1.29 is 9.53 Å². The van der Waals surface area contributed by atoms with Gasteiger partial charge in [-0.2, -0.15) is 0 Å². The van der Waals surface area contributed by atoms with Gasteiger partial charge in [0.15, 0.2) is 0 Å².